The van der Waals surface area contributed by atoms with Crippen molar-refractivity contribution in [3.8, 4) is 0 Å². The lowest BCUT2D eigenvalue weighted by Crippen LogP contribution is -2.38. The summed E-state index contributed by atoms with van der Waals surface area (Å²) < 4.78 is 22.4. The first-order valence-corrected chi connectivity index (χ1v) is 8.93. The van der Waals surface area contributed by atoms with Crippen LogP contribution in [0.25, 0.3) is 0 Å². The summed E-state index contributed by atoms with van der Waals surface area (Å²) in [6.07, 6.45) is 2.77. The fourth-order valence-corrected chi connectivity index (χ4v) is 3.31. The predicted octanol–water partition coefficient (Wildman–Crippen LogP) is 0.969. The van der Waals surface area contributed by atoms with Gasteiger partial charge in [-0.2, -0.15) is 0 Å². The van der Waals surface area contributed by atoms with E-state index in [-0.39, 0.29) is 11.0 Å². The van der Waals surface area contributed by atoms with Gasteiger partial charge in [-0.15, -0.1) is 0 Å². The molecule has 0 saturated carbocycles. The van der Waals surface area contributed by atoms with Crippen LogP contribution in [-0.2, 0) is 16.4 Å². The van der Waals surface area contributed by atoms with Crippen LogP contribution in [0.3, 0.4) is 0 Å². The van der Waals surface area contributed by atoms with Crippen LogP contribution in [0.5, 0.6) is 0 Å². The third kappa shape index (κ3) is 4.78. The van der Waals surface area contributed by atoms with Crippen LogP contribution in [0.2, 0.25) is 0 Å². The molecule has 21 heavy (non-hydrogen) atoms. The number of hydrogen-bond donors (Lipinski definition) is 2. The number of hydrogen-bond acceptors (Lipinski definition) is 4. The van der Waals surface area contributed by atoms with Crippen LogP contribution in [0.4, 0.5) is 0 Å². The molecule has 1 heterocycles. The number of rotatable bonds is 5. The summed E-state index contributed by atoms with van der Waals surface area (Å²) in [5, 5.41) is 14.7. The molecule has 1 saturated heterocycles. The maximum Gasteiger partial charge on any atom is 0.238 e. The molecule has 0 spiro atoms. The fraction of sp³-hybridized carbons (Fsp3) is 0.600. The highest BCUT2D eigenvalue weighted by molar-refractivity contribution is 7.89. The molecule has 5 nitrogen and oxygen atoms in total. The van der Waals surface area contributed by atoms with Crippen molar-refractivity contribution in [2.45, 2.75) is 37.2 Å². The molecule has 3 N–H and O–H groups in total. The highest BCUT2D eigenvalue weighted by Gasteiger charge is 2.22. The summed E-state index contributed by atoms with van der Waals surface area (Å²) in [6.45, 7) is 4.87. The number of primary sulfonamides is 1. The Bertz CT molecular complexity index is 547. The number of sulfonamides is 1. The smallest absolute Gasteiger partial charge is 0.238 e. The zero-order chi connectivity index (χ0) is 15.5. The van der Waals surface area contributed by atoms with Gasteiger partial charge in [0.25, 0.3) is 0 Å². The number of benzene rings is 1. The van der Waals surface area contributed by atoms with Crippen LogP contribution in [-0.4, -0.2) is 44.2 Å². The van der Waals surface area contributed by atoms with Gasteiger partial charge in [0.05, 0.1) is 11.0 Å². The van der Waals surface area contributed by atoms with Crippen LogP contribution in [0.15, 0.2) is 29.2 Å². The molecule has 2 rings (SSSR count). The van der Waals surface area contributed by atoms with E-state index in [4.69, 9.17) is 5.14 Å². The Balaban J connectivity index is 1.82. The minimum atomic E-state index is -3.60. The minimum Gasteiger partial charge on any atom is -0.393 e. The summed E-state index contributed by atoms with van der Waals surface area (Å²) in [4.78, 5) is 2.55. The zero-order valence-corrected chi connectivity index (χ0v) is 13.2. The Morgan fingerprint density at radius 1 is 1.29 bits per heavy atom. The SMILES string of the molecule is CC(O)C1CCN(CCc2ccc(S(N)(=O)=O)cc2)CC1. The highest BCUT2D eigenvalue weighted by atomic mass is 32.2. The predicted molar refractivity (Wildman–Crippen MR) is 82.4 cm³/mol. The maximum atomic E-state index is 11.2. The van der Waals surface area contributed by atoms with E-state index in [1.54, 1.807) is 12.1 Å². The monoisotopic (exact) mass is 312 g/mol. The largest absolute Gasteiger partial charge is 0.393 e. The first-order valence-electron chi connectivity index (χ1n) is 7.38. The van der Waals surface area contributed by atoms with Crippen LogP contribution in [0, 0.1) is 5.92 Å². The molecule has 0 aromatic heterocycles. The standard InChI is InChI=1S/C15H24N2O3S/c1-12(18)14-7-10-17(11-8-14)9-6-13-2-4-15(5-3-13)21(16,19)20/h2-5,12,14,18H,6-11H2,1H3,(H2,16,19,20). The van der Waals surface area contributed by atoms with Gasteiger partial charge in [0.1, 0.15) is 0 Å². The molecular weight excluding hydrogens is 288 g/mol. The molecule has 1 unspecified atom stereocenters. The van der Waals surface area contributed by atoms with Gasteiger partial charge in [-0.1, -0.05) is 12.1 Å². The van der Waals surface area contributed by atoms with Gasteiger partial charge in [0.2, 0.25) is 10.0 Å². The first-order chi connectivity index (χ1) is 9.86. The third-order valence-corrected chi connectivity index (χ3v) is 5.21. The summed E-state index contributed by atoms with van der Waals surface area (Å²) in [5.74, 6) is 0.426. The van der Waals surface area contributed by atoms with E-state index >= 15 is 0 Å². The van der Waals surface area contributed by atoms with Crippen molar-refractivity contribution in [2.75, 3.05) is 19.6 Å². The Labute approximate surface area is 126 Å². The minimum absolute atomic E-state index is 0.156. The third-order valence-electron chi connectivity index (χ3n) is 4.28. The maximum absolute atomic E-state index is 11.2. The Morgan fingerprint density at radius 3 is 2.33 bits per heavy atom. The average molecular weight is 312 g/mol. The average Bonchev–Trinajstić information content (AvgIpc) is 2.45. The van der Waals surface area contributed by atoms with Crippen molar-refractivity contribution in [3.05, 3.63) is 29.8 Å². The highest BCUT2D eigenvalue weighted by Crippen LogP contribution is 2.20. The second-order valence-electron chi connectivity index (χ2n) is 5.86. The van der Waals surface area contributed by atoms with E-state index in [2.05, 4.69) is 4.90 Å². The number of nitrogens with two attached hydrogens (primary N) is 1. The quantitative estimate of drug-likeness (QED) is 0.848. The van der Waals surface area contributed by atoms with E-state index in [9.17, 15) is 13.5 Å². The van der Waals surface area contributed by atoms with E-state index in [0.717, 1.165) is 44.5 Å². The first kappa shape index (κ1) is 16.4. The molecule has 1 atom stereocenters. The van der Waals surface area contributed by atoms with Crippen molar-refractivity contribution < 1.29 is 13.5 Å². The second-order valence-corrected chi connectivity index (χ2v) is 7.42. The molecular formula is C15H24N2O3S. The lowest BCUT2D eigenvalue weighted by Gasteiger charge is -2.33. The van der Waals surface area contributed by atoms with Crippen molar-refractivity contribution in [2.24, 2.45) is 11.1 Å². The summed E-state index contributed by atoms with van der Waals surface area (Å²) >= 11 is 0. The van der Waals surface area contributed by atoms with Crippen LogP contribution >= 0.6 is 0 Å². The Hall–Kier alpha value is -0.950. The number of likely N-dealkylation sites (tertiary alicyclic amines) is 1. The van der Waals surface area contributed by atoms with E-state index in [0.29, 0.717) is 5.92 Å². The number of aliphatic hydroxyl groups is 1. The molecule has 1 aliphatic rings. The zero-order valence-electron chi connectivity index (χ0n) is 12.4. The van der Waals surface area contributed by atoms with Crippen molar-refractivity contribution in [1.82, 2.24) is 4.90 Å². The topological polar surface area (TPSA) is 83.6 Å². The van der Waals surface area contributed by atoms with Gasteiger partial charge in [0.15, 0.2) is 0 Å². The fourth-order valence-electron chi connectivity index (χ4n) is 2.79. The van der Waals surface area contributed by atoms with Crippen LogP contribution < -0.4 is 5.14 Å². The molecule has 118 valence electrons. The molecule has 1 fully saturated rings. The second kappa shape index (κ2) is 6.87. The number of piperidine rings is 1. The lowest BCUT2D eigenvalue weighted by molar-refractivity contribution is 0.0723. The van der Waals surface area contributed by atoms with Gasteiger partial charge in [-0.05, 0) is 62.9 Å². The molecule has 0 amide bonds. The molecule has 0 bridgehead atoms. The van der Waals surface area contributed by atoms with Gasteiger partial charge >= 0.3 is 0 Å². The van der Waals surface area contributed by atoms with Gasteiger partial charge in [-0.25, -0.2) is 13.6 Å². The number of nitrogens with zero attached hydrogens (tertiary/aromatic N) is 1. The van der Waals surface area contributed by atoms with Crippen molar-refractivity contribution >= 4 is 10.0 Å². The van der Waals surface area contributed by atoms with Gasteiger partial charge < -0.3 is 10.0 Å². The molecule has 1 aromatic carbocycles. The molecule has 1 aliphatic heterocycles. The van der Waals surface area contributed by atoms with Crippen molar-refractivity contribution in [1.29, 1.82) is 0 Å². The molecule has 1 aromatic rings. The van der Waals surface area contributed by atoms with E-state index < -0.39 is 10.0 Å². The van der Waals surface area contributed by atoms with E-state index in [1.807, 2.05) is 19.1 Å². The molecule has 0 aliphatic carbocycles. The van der Waals surface area contributed by atoms with Crippen molar-refractivity contribution in [3.63, 3.8) is 0 Å². The summed E-state index contributed by atoms with van der Waals surface area (Å²) in [5.41, 5.74) is 1.11. The summed E-state index contributed by atoms with van der Waals surface area (Å²) in [6, 6.07) is 6.76. The number of aliphatic hydroxyl groups excluding tert-OH is 1. The summed E-state index contributed by atoms with van der Waals surface area (Å²) in [7, 11) is -3.60. The van der Waals surface area contributed by atoms with E-state index in [1.165, 1.54) is 0 Å². The van der Waals surface area contributed by atoms with Crippen LogP contribution in [0.1, 0.15) is 25.3 Å². The Kier molecular flexibility index (Phi) is 5.37. The van der Waals surface area contributed by atoms with Gasteiger partial charge in [-0.3, -0.25) is 0 Å². The Morgan fingerprint density at radius 2 is 1.86 bits per heavy atom. The molecule has 6 heteroatoms. The molecule has 0 radical (unpaired) electrons. The normalized spacial score (nSPS) is 19.6. The lowest BCUT2D eigenvalue weighted by atomic mass is 9.92. The van der Waals surface area contributed by atoms with Gasteiger partial charge in [0, 0.05) is 6.54 Å².